The summed E-state index contributed by atoms with van der Waals surface area (Å²) < 4.78 is 2.85. The minimum Gasteiger partial charge on any atom is -0.318 e. The third-order valence-corrected chi connectivity index (χ3v) is 5.74. The second-order valence-electron chi connectivity index (χ2n) is 5.14. The summed E-state index contributed by atoms with van der Waals surface area (Å²) in [5.74, 6) is 0. The number of nitrogens with zero attached hydrogens (tertiary/aromatic N) is 2. The first-order chi connectivity index (χ1) is 9.16. The molecule has 0 saturated carbocycles. The maximum absolute atomic E-state index is 6.43. The van der Waals surface area contributed by atoms with E-state index in [0.29, 0.717) is 0 Å². The molecule has 0 amide bonds. The van der Waals surface area contributed by atoms with Crippen LogP contribution >= 0.6 is 27.3 Å². The van der Waals surface area contributed by atoms with Crippen molar-refractivity contribution < 1.29 is 0 Å². The standard InChI is InChI=1S/C14H18BrN3S/c1-18-14(10(15)8-17-18)13(16)12-7-9-5-3-2-4-6-11(9)19-12/h7-8,13H,2-6,16H2,1H3. The highest BCUT2D eigenvalue weighted by Gasteiger charge is 2.21. The van der Waals surface area contributed by atoms with Gasteiger partial charge < -0.3 is 5.73 Å². The van der Waals surface area contributed by atoms with Gasteiger partial charge in [0.15, 0.2) is 0 Å². The first kappa shape index (κ1) is 13.3. The molecule has 2 aromatic rings. The molecule has 0 aromatic carbocycles. The fourth-order valence-corrected chi connectivity index (χ4v) is 4.61. The Labute approximate surface area is 125 Å². The predicted octanol–water partition coefficient (Wildman–Crippen LogP) is 3.56. The van der Waals surface area contributed by atoms with Crippen LogP contribution < -0.4 is 5.73 Å². The maximum Gasteiger partial charge on any atom is 0.0828 e. The van der Waals surface area contributed by atoms with Gasteiger partial charge in [-0.2, -0.15) is 5.10 Å². The highest BCUT2D eigenvalue weighted by atomic mass is 79.9. The molecular weight excluding hydrogens is 322 g/mol. The fraction of sp³-hybridized carbons (Fsp3) is 0.500. The molecule has 102 valence electrons. The molecule has 2 aromatic heterocycles. The summed E-state index contributed by atoms with van der Waals surface area (Å²) in [4.78, 5) is 2.80. The zero-order valence-corrected chi connectivity index (χ0v) is 13.4. The van der Waals surface area contributed by atoms with Gasteiger partial charge >= 0.3 is 0 Å². The van der Waals surface area contributed by atoms with E-state index in [0.717, 1.165) is 10.2 Å². The fourth-order valence-electron chi connectivity index (χ4n) is 2.75. The third kappa shape index (κ3) is 2.51. The molecule has 2 heterocycles. The molecule has 0 spiro atoms. The Kier molecular flexibility index (Phi) is 3.78. The summed E-state index contributed by atoms with van der Waals surface area (Å²) in [7, 11) is 1.94. The average Bonchev–Trinajstić information content (AvgIpc) is 2.86. The topological polar surface area (TPSA) is 43.8 Å². The molecule has 5 heteroatoms. The van der Waals surface area contributed by atoms with Gasteiger partial charge in [0.1, 0.15) is 0 Å². The van der Waals surface area contributed by atoms with Gasteiger partial charge in [0, 0.05) is 16.8 Å². The molecular formula is C14H18BrN3S. The number of hydrogen-bond acceptors (Lipinski definition) is 3. The normalized spacial score (nSPS) is 17.0. The van der Waals surface area contributed by atoms with E-state index in [9.17, 15) is 0 Å². The number of nitrogens with two attached hydrogens (primary N) is 1. The Hall–Kier alpha value is -0.650. The van der Waals surface area contributed by atoms with E-state index in [1.807, 2.05) is 29.3 Å². The van der Waals surface area contributed by atoms with Gasteiger partial charge in [0.25, 0.3) is 0 Å². The quantitative estimate of drug-likeness (QED) is 0.850. The second-order valence-corrected chi connectivity index (χ2v) is 7.16. The van der Waals surface area contributed by atoms with Crippen LogP contribution in [-0.4, -0.2) is 9.78 Å². The van der Waals surface area contributed by atoms with E-state index in [2.05, 4.69) is 27.1 Å². The minimum absolute atomic E-state index is 0.0844. The van der Waals surface area contributed by atoms with Crippen molar-refractivity contribution in [3.63, 3.8) is 0 Å². The van der Waals surface area contributed by atoms with E-state index in [4.69, 9.17) is 5.73 Å². The van der Waals surface area contributed by atoms with Gasteiger partial charge in [0.05, 0.1) is 22.4 Å². The third-order valence-electron chi connectivity index (χ3n) is 3.80. The van der Waals surface area contributed by atoms with Crippen LogP contribution in [0.4, 0.5) is 0 Å². The van der Waals surface area contributed by atoms with Gasteiger partial charge in [-0.15, -0.1) is 11.3 Å². The molecule has 0 fully saturated rings. The van der Waals surface area contributed by atoms with Gasteiger partial charge in [-0.3, -0.25) is 4.68 Å². The lowest BCUT2D eigenvalue weighted by Crippen LogP contribution is -2.15. The first-order valence-electron chi connectivity index (χ1n) is 6.71. The van der Waals surface area contributed by atoms with Crippen molar-refractivity contribution in [2.45, 2.75) is 38.1 Å². The minimum atomic E-state index is -0.0844. The van der Waals surface area contributed by atoms with E-state index in [1.165, 1.54) is 42.5 Å². The molecule has 3 rings (SSSR count). The molecule has 1 unspecified atom stereocenters. The van der Waals surface area contributed by atoms with Crippen LogP contribution in [0.25, 0.3) is 0 Å². The lowest BCUT2D eigenvalue weighted by Gasteiger charge is -2.11. The van der Waals surface area contributed by atoms with Crippen LogP contribution in [0, 0.1) is 0 Å². The molecule has 2 N–H and O–H groups in total. The molecule has 1 aliphatic carbocycles. The van der Waals surface area contributed by atoms with Crippen molar-refractivity contribution in [1.82, 2.24) is 9.78 Å². The van der Waals surface area contributed by atoms with Gasteiger partial charge in [-0.1, -0.05) is 6.42 Å². The Bertz CT molecular complexity index is 545. The number of fused-ring (bicyclic) bond motifs is 1. The SMILES string of the molecule is Cn1ncc(Br)c1C(N)c1cc2c(s1)CCCCC2. The van der Waals surface area contributed by atoms with Gasteiger partial charge in [-0.05, 0) is 53.2 Å². The highest BCUT2D eigenvalue weighted by Crippen LogP contribution is 2.35. The van der Waals surface area contributed by atoms with Gasteiger partial charge in [-0.25, -0.2) is 0 Å². The zero-order valence-electron chi connectivity index (χ0n) is 11.0. The van der Waals surface area contributed by atoms with Crippen LogP contribution in [0.1, 0.15) is 46.3 Å². The molecule has 19 heavy (non-hydrogen) atoms. The maximum atomic E-state index is 6.43. The Morgan fingerprint density at radius 2 is 2.16 bits per heavy atom. The molecule has 3 nitrogen and oxygen atoms in total. The molecule has 0 radical (unpaired) electrons. The zero-order chi connectivity index (χ0) is 13.4. The van der Waals surface area contributed by atoms with Crippen LogP contribution in [0.15, 0.2) is 16.7 Å². The summed E-state index contributed by atoms with van der Waals surface area (Å²) in [5, 5.41) is 4.25. The van der Waals surface area contributed by atoms with Crippen LogP contribution in [-0.2, 0) is 19.9 Å². The van der Waals surface area contributed by atoms with E-state index >= 15 is 0 Å². The summed E-state index contributed by atoms with van der Waals surface area (Å²) in [6.07, 6.45) is 8.24. The van der Waals surface area contributed by atoms with Crippen molar-refractivity contribution in [3.05, 3.63) is 37.7 Å². The van der Waals surface area contributed by atoms with Crippen LogP contribution in [0.5, 0.6) is 0 Å². The second kappa shape index (κ2) is 5.38. The highest BCUT2D eigenvalue weighted by molar-refractivity contribution is 9.10. The van der Waals surface area contributed by atoms with Crippen molar-refractivity contribution in [1.29, 1.82) is 0 Å². The smallest absolute Gasteiger partial charge is 0.0828 e. The monoisotopic (exact) mass is 339 g/mol. The number of halogens is 1. The number of hydrogen-bond donors (Lipinski definition) is 1. The largest absolute Gasteiger partial charge is 0.318 e. The van der Waals surface area contributed by atoms with Crippen molar-refractivity contribution in [2.75, 3.05) is 0 Å². The molecule has 0 bridgehead atoms. The summed E-state index contributed by atoms with van der Waals surface area (Å²) >= 11 is 5.43. The molecule has 0 saturated heterocycles. The predicted molar refractivity (Wildman–Crippen MR) is 82.5 cm³/mol. The van der Waals surface area contributed by atoms with E-state index < -0.39 is 0 Å². The lowest BCUT2D eigenvalue weighted by atomic mass is 10.1. The van der Waals surface area contributed by atoms with Gasteiger partial charge in [0.2, 0.25) is 0 Å². The summed E-state index contributed by atoms with van der Waals surface area (Å²) in [6.45, 7) is 0. The summed E-state index contributed by atoms with van der Waals surface area (Å²) in [6, 6.07) is 2.23. The number of thiophene rings is 1. The molecule has 0 aliphatic heterocycles. The number of aryl methyl sites for hydroxylation is 3. The molecule has 1 atom stereocenters. The van der Waals surface area contributed by atoms with Crippen molar-refractivity contribution in [3.8, 4) is 0 Å². The van der Waals surface area contributed by atoms with Crippen LogP contribution in [0.2, 0.25) is 0 Å². The van der Waals surface area contributed by atoms with E-state index in [-0.39, 0.29) is 6.04 Å². The Morgan fingerprint density at radius 1 is 1.37 bits per heavy atom. The van der Waals surface area contributed by atoms with Crippen LogP contribution in [0.3, 0.4) is 0 Å². The first-order valence-corrected chi connectivity index (χ1v) is 8.32. The van der Waals surface area contributed by atoms with Crippen molar-refractivity contribution >= 4 is 27.3 Å². The van der Waals surface area contributed by atoms with Crippen molar-refractivity contribution in [2.24, 2.45) is 12.8 Å². The summed E-state index contributed by atoms with van der Waals surface area (Å²) in [5.41, 5.74) is 9.00. The lowest BCUT2D eigenvalue weighted by molar-refractivity contribution is 0.675. The van der Waals surface area contributed by atoms with E-state index in [1.54, 1.807) is 4.88 Å². The Morgan fingerprint density at radius 3 is 2.89 bits per heavy atom. The molecule has 1 aliphatic rings. The number of aromatic nitrogens is 2. The number of rotatable bonds is 2. The Balaban J connectivity index is 1.94. The average molecular weight is 340 g/mol.